The van der Waals surface area contributed by atoms with Crippen molar-refractivity contribution in [1.82, 2.24) is 9.80 Å². The summed E-state index contributed by atoms with van der Waals surface area (Å²) in [4.78, 5) is 27.2. The molecule has 1 unspecified atom stereocenters. The van der Waals surface area contributed by atoms with Crippen molar-refractivity contribution in [2.75, 3.05) is 19.7 Å². The first-order valence-electron chi connectivity index (χ1n) is 7.56. The van der Waals surface area contributed by atoms with Crippen LogP contribution in [0.1, 0.15) is 44.9 Å². The molecule has 1 heterocycles. The van der Waals surface area contributed by atoms with Gasteiger partial charge in [0.15, 0.2) is 0 Å². The number of rotatable bonds is 4. The van der Waals surface area contributed by atoms with Gasteiger partial charge in [0.25, 0.3) is 0 Å². The molecule has 2 N–H and O–H groups in total. The quantitative estimate of drug-likeness (QED) is 0.815. The predicted molar refractivity (Wildman–Crippen MR) is 73.4 cm³/mol. The Morgan fingerprint density at radius 1 is 1.10 bits per heavy atom. The van der Waals surface area contributed by atoms with Gasteiger partial charge in [0.2, 0.25) is 0 Å². The Labute approximate surface area is 119 Å². The molecule has 1 aliphatic carbocycles. The van der Waals surface area contributed by atoms with E-state index >= 15 is 0 Å². The first-order chi connectivity index (χ1) is 9.65. The van der Waals surface area contributed by atoms with E-state index in [-0.39, 0.29) is 18.7 Å². The molecule has 2 amide bonds. The van der Waals surface area contributed by atoms with Gasteiger partial charge in [0, 0.05) is 19.1 Å². The van der Waals surface area contributed by atoms with Crippen LogP contribution in [0.15, 0.2) is 0 Å². The summed E-state index contributed by atoms with van der Waals surface area (Å²) in [7, 11) is 0. The number of carboxylic acid groups (broad SMARTS) is 1. The standard InChI is InChI=1S/C14H24N2O4/c17-10-9-15(11-5-1-2-6-11)14(20)16-8-4-3-7-12(16)13(18)19/h11-12,17H,1-10H2,(H,18,19). The molecule has 1 atom stereocenters. The van der Waals surface area contributed by atoms with Crippen LogP contribution in [0.25, 0.3) is 0 Å². The molecule has 2 rings (SSSR count). The van der Waals surface area contributed by atoms with Gasteiger partial charge in [-0.25, -0.2) is 9.59 Å². The van der Waals surface area contributed by atoms with Gasteiger partial charge in [0.1, 0.15) is 6.04 Å². The Morgan fingerprint density at radius 2 is 1.75 bits per heavy atom. The van der Waals surface area contributed by atoms with Gasteiger partial charge >= 0.3 is 12.0 Å². The second-order valence-corrected chi connectivity index (χ2v) is 5.68. The van der Waals surface area contributed by atoms with Crippen LogP contribution in [-0.4, -0.2) is 63.8 Å². The number of aliphatic hydroxyl groups excluding tert-OH is 1. The van der Waals surface area contributed by atoms with E-state index in [2.05, 4.69) is 0 Å². The average Bonchev–Trinajstić information content (AvgIpc) is 2.98. The lowest BCUT2D eigenvalue weighted by molar-refractivity contribution is -0.143. The van der Waals surface area contributed by atoms with Gasteiger partial charge in [-0.05, 0) is 32.1 Å². The fraction of sp³-hybridized carbons (Fsp3) is 0.857. The molecule has 1 saturated heterocycles. The molecule has 2 fully saturated rings. The highest BCUT2D eigenvalue weighted by Crippen LogP contribution is 2.26. The van der Waals surface area contributed by atoms with Crippen molar-refractivity contribution < 1.29 is 19.8 Å². The summed E-state index contributed by atoms with van der Waals surface area (Å²) in [5.74, 6) is -0.923. The van der Waals surface area contributed by atoms with Crippen molar-refractivity contribution in [2.45, 2.75) is 57.0 Å². The lowest BCUT2D eigenvalue weighted by Gasteiger charge is -2.39. The first kappa shape index (κ1) is 15.1. The second-order valence-electron chi connectivity index (χ2n) is 5.68. The number of amides is 2. The third-order valence-corrected chi connectivity index (χ3v) is 4.39. The zero-order chi connectivity index (χ0) is 14.5. The molecule has 0 aromatic carbocycles. The largest absolute Gasteiger partial charge is 0.480 e. The van der Waals surface area contributed by atoms with Gasteiger partial charge in [0.05, 0.1) is 6.61 Å². The summed E-state index contributed by atoms with van der Waals surface area (Å²) in [6.45, 7) is 0.727. The number of nitrogens with zero attached hydrogens (tertiary/aromatic N) is 2. The van der Waals surface area contributed by atoms with Gasteiger partial charge in [-0.2, -0.15) is 0 Å². The molecule has 0 aromatic heterocycles. The van der Waals surface area contributed by atoms with Crippen molar-refractivity contribution in [3.63, 3.8) is 0 Å². The third kappa shape index (κ3) is 3.23. The fourth-order valence-electron chi connectivity index (χ4n) is 3.34. The van der Waals surface area contributed by atoms with Crippen molar-refractivity contribution in [3.8, 4) is 0 Å². The molecule has 6 nitrogen and oxygen atoms in total. The predicted octanol–water partition coefficient (Wildman–Crippen LogP) is 1.28. The highest BCUT2D eigenvalue weighted by molar-refractivity contribution is 5.83. The van der Waals surface area contributed by atoms with Crippen LogP contribution in [0, 0.1) is 0 Å². The molecule has 1 saturated carbocycles. The number of urea groups is 1. The average molecular weight is 284 g/mol. The van der Waals surface area contributed by atoms with Gasteiger partial charge < -0.3 is 20.0 Å². The Bertz CT molecular complexity index is 355. The summed E-state index contributed by atoms with van der Waals surface area (Å²) in [5, 5.41) is 18.5. The fourth-order valence-corrected chi connectivity index (χ4v) is 3.34. The Balaban J connectivity index is 2.10. The zero-order valence-electron chi connectivity index (χ0n) is 11.8. The number of carbonyl (C=O) groups excluding carboxylic acids is 1. The molecule has 2 aliphatic rings. The van der Waals surface area contributed by atoms with Crippen LogP contribution in [0.3, 0.4) is 0 Å². The maximum absolute atomic E-state index is 12.7. The number of aliphatic hydroxyl groups is 1. The van der Waals surface area contributed by atoms with Crippen LogP contribution in [0.5, 0.6) is 0 Å². The highest BCUT2D eigenvalue weighted by atomic mass is 16.4. The molecule has 114 valence electrons. The smallest absolute Gasteiger partial charge is 0.326 e. The molecule has 0 spiro atoms. The van der Waals surface area contributed by atoms with E-state index in [1.807, 2.05) is 0 Å². The minimum atomic E-state index is -0.923. The molecule has 20 heavy (non-hydrogen) atoms. The van der Waals surface area contributed by atoms with Crippen LogP contribution in [-0.2, 0) is 4.79 Å². The minimum absolute atomic E-state index is 0.0756. The van der Waals surface area contributed by atoms with Crippen molar-refractivity contribution in [1.29, 1.82) is 0 Å². The Hall–Kier alpha value is -1.30. The Kier molecular flexibility index (Phi) is 5.23. The maximum atomic E-state index is 12.7. The molecule has 6 heteroatoms. The highest BCUT2D eigenvalue weighted by Gasteiger charge is 2.36. The lowest BCUT2D eigenvalue weighted by atomic mass is 10.0. The number of piperidine rings is 1. The lowest BCUT2D eigenvalue weighted by Crippen LogP contribution is -2.55. The van der Waals surface area contributed by atoms with Crippen LogP contribution >= 0.6 is 0 Å². The summed E-state index contributed by atoms with van der Waals surface area (Å²) in [6.07, 6.45) is 6.34. The van der Waals surface area contributed by atoms with E-state index in [9.17, 15) is 19.8 Å². The number of carboxylic acids is 1. The summed E-state index contributed by atoms with van der Waals surface area (Å²) in [6, 6.07) is -0.761. The number of hydrogen-bond donors (Lipinski definition) is 2. The van der Waals surface area contributed by atoms with Crippen molar-refractivity contribution >= 4 is 12.0 Å². The number of carbonyl (C=O) groups is 2. The molecule has 0 aromatic rings. The zero-order valence-corrected chi connectivity index (χ0v) is 11.8. The van der Waals surface area contributed by atoms with Gasteiger partial charge in [-0.1, -0.05) is 12.8 Å². The van der Waals surface area contributed by atoms with E-state index in [1.54, 1.807) is 4.90 Å². The van der Waals surface area contributed by atoms with E-state index in [1.165, 1.54) is 4.90 Å². The number of aliphatic carboxylic acids is 1. The number of likely N-dealkylation sites (tertiary alicyclic amines) is 1. The molecular formula is C14H24N2O4. The Morgan fingerprint density at radius 3 is 2.35 bits per heavy atom. The van der Waals surface area contributed by atoms with Crippen LogP contribution < -0.4 is 0 Å². The molecular weight excluding hydrogens is 260 g/mol. The molecule has 1 aliphatic heterocycles. The SMILES string of the molecule is O=C(O)C1CCCCN1C(=O)N(CCO)C1CCCC1. The maximum Gasteiger partial charge on any atom is 0.326 e. The second kappa shape index (κ2) is 6.92. The summed E-state index contributed by atoms with van der Waals surface area (Å²) >= 11 is 0. The van der Waals surface area contributed by atoms with Crippen LogP contribution in [0.4, 0.5) is 4.79 Å². The molecule has 0 radical (unpaired) electrons. The van der Waals surface area contributed by atoms with Gasteiger partial charge in [-0.3, -0.25) is 0 Å². The third-order valence-electron chi connectivity index (χ3n) is 4.39. The first-order valence-corrected chi connectivity index (χ1v) is 7.56. The summed E-state index contributed by atoms with van der Waals surface area (Å²) < 4.78 is 0. The van der Waals surface area contributed by atoms with E-state index in [4.69, 9.17) is 0 Å². The topological polar surface area (TPSA) is 81.1 Å². The molecule has 0 bridgehead atoms. The monoisotopic (exact) mass is 284 g/mol. The van der Waals surface area contributed by atoms with Crippen molar-refractivity contribution in [2.24, 2.45) is 0 Å². The van der Waals surface area contributed by atoms with Gasteiger partial charge in [-0.15, -0.1) is 0 Å². The van der Waals surface area contributed by atoms with Crippen molar-refractivity contribution in [3.05, 3.63) is 0 Å². The number of hydrogen-bond acceptors (Lipinski definition) is 3. The minimum Gasteiger partial charge on any atom is -0.480 e. The van der Waals surface area contributed by atoms with E-state index in [0.717, 1.165) is 38.5 Å². The van der Waals surface area contributed by atoms with Crippen LogP contribution in [0.2, 0.25) is 0 Å². The summed E-state index contributed by atoms with van der Waals surface area (Å²) in [5.41, 5.74) is 0. The normalized spacial score (nSPS) is 23.9. The van der Waals surface area contributed by atoms with E-state index < -0.39 is 12.0 Å². The van der Waals surface area contributed by atoms with E-state index in [0.29, 0.717) is 19.5 Å².